The molecule has 94 valence electrons. The van der Waals surface area contributed by atoms with Crippen molar-refractivity contribution in [3.05, 3.63) is 47.9 Å². The quantitative estimate of drug-likeness (QED) is 0.842. The highest BCUT2D eigenvalue weighted by atomic mass is 19.1. The minimum absolute atomic E-state index is 0.278. The van der Waals surface area contributed by atoms with E-state index in [0.717, 1.165) is 5.57 Å². The monoisotopic (exact) mass is 247 g/mol. The average Bonchev–Trinajstić information content (AvgIpc) is 2.72. The summed E-state index contributed by atoms with van der Waals surface area (Å²) in [6.07, 6.45) is 0. The maximum absolute atomic E-state index is 13.8. The highest BCUT2D eigenvalue weighted by molar-refractivity contribution is 5.62. The SMILES string of the molecule is C=C(C)Cn1nnc(CO)c1-c1ccccc1F. The van der Waals surface area contributed by atoms with Crippen molar-refractivity contribution in [2.45, 2.75) is 20.1 Å². The molecule has 0 fully saturated rings. The number of aliphatic hydroxyl groups excluding tert-OH is 1. The van der Waals surface area contributed by atoms with Crippen molar-refractivity contribution < 1.29 is 9.50 Å². The number of halogens is 1. The fourth-order valence-electron chi connectivity index (χ4n) is 1.77. The van der Waals surface area contributed by atoms with Crippen molar-refractivity contribution in [1.29, 1.82) is 0 Å². The van der Waals surface area contributed by atoms with Crippen LogP contribution < -0.4 is 0 Å². The van der Waals surface area contributed by atoms with Crippen molar-refractivity contribution in [3.63, 3.8) is 0 Å². The van der Waals surface area contributed by atoms with Gasteiger partial charge < -0.3 is 5.11 Å². The first kappa shape index (κ1) is 12.4. The Bertz CT molecular complexity index is 577. The van der Waals surface area contributed by atoms with Gasteiger partial charge in [0, 0.05) is 5.56 Å². The second-order valence-corrected chi connectivity index (χ2v) is 4.14. The van der Waals surface area contributed by atoms with Gasteiger partial charge in [0.2, 0.25) is 0 Å². The van der Waals surface area contributed by atoms with E-state index in [9.17, 15) is 9.50 Å². The highest BCUT2D eigenvalue weighted by Gasteiger charge is 2.17. The minimum atomic E-state index is -0.363. The fourth-order valence-corrected chi connectivity index (χ4v) is 1.77. The molecule has 0 atom stereocenters. The molecule has 5 heteroatoms. The molecule has 1 heterocycles. The van der Waals surface area contributed by atoms with Crippen LogP contribution in [0.15, 0.2) is 36.4 Å². The molecule has 0 aliphatic carbocycles. The number of aromatic nitrogens is 3. The third kappa shape index (κ3) is 2.31. The van der Waals surface area contributed by atoms with Crippen LogP contribution in [0.3, 0.4) is 0 Å². The van der Waals surface area contributed by atoms with Gasteiger partial charge in [-0.3, -0.25) is 0 Å². The van der Waals surface area contributed by atoms with Crippen LogP contribution in [0.2, 0.25) is 0 Å². The lowest BCUT2D eigenvalue weighted by molar-refractivity contribution is 0.277. The lowest BCUT2D eigenvalue weighted by Crippen LogP contribution is -2.04. The molecule has 0 bridgehead atoms. The molecule has 0 saturated heterocycles. The molecule has 2 aromatic rings. The summed E-state index contributed by atoms with van der Waals surface area (Å²) < 4.78 is 15.4. The van der Waals surface area contributed by atoms with E-state index in [4.69, 9.17) is 0 Å². The summed E-state index contributed by atoms with van der Waals surface area (Å²) in [6, 6.07) is 6.36. The third-order valence-corrected chi connectivity index (χ3v) is 2.50. The van der Waals surface area contributed by atoms with E-state index >= 15 is 0 Å². The first-order valence-corrected chi connectivity index (χ1v) is 5.56. The van der Waals surface area contributed by atoms with E-state index < -0.39 is 0 Å². The molecule has 0 unspecified atom stereocenters. The molecule has 1 N–H and O–H groups in total. The van der Waals surface area contributed by atoms with Crippen LogP contribution in [0, 0.1) is 5.82 Å². The van der Waals surface area contributed by atoms with Crippen molar-refractivity contribution in [2.24, 2.45) is 0 Å². The first-order valence-electron chi connectivity index (χ1n) is 5.56. The van der Waals surface area contributed by atoms with Crippen LogP contribution in [0.4, 0.5) is 4.39 Å². The zero-order valence-corrected chi connectivity index (χ0v) is 10.1. The van der Waals surface area contributed by atoms with E-state index in [0.29, 0.717) is 23.5 Å². The van der Waals surface area contributed by atoms with Crippen molar-refractivity contribution in [3.8, 4) is 11.3 Å². The normalized spacial score (nSPS) is 10.6. The molecule has 0 radical (unpaired) electrons. The molecule has 0 spiro atoms. The van der Waals surface area contributed by atoms with Crippen LogP contribution in [-0.2, 0) is 13.2 Å². The molecule has 0 saturated carbocycles. The predicted molar refractivity (Wildman–Crippen MR) is 66.2 cm³/mol. The Hall–Kier alpha value is -2.01. The second-order valence-electron chi connectivity index (χ2n) is 4.14. The van der Waals surface area contributed by atoms with Crippen molar-refractivity contribution in [1.82, 2.24) is 15.0 Å². The lowest BCUT2D eigenvalue weighted by Gasteiger charge is -2.08. The lowest BCUT2D eigenvalue weighted by atomic mass is 10.1. The van der Waals surface area contributed by atoms with E-state index in [2.05, 4.69) is 16.9 Å². The molecule has 1 aromatic heterocycles. The number of allylic oxidation sites excluding steroid dienone is 1. The smallest absolute Gasteiger partial charge is 0.132 e. The van der Waals surface area contributed by atoms with Gasteiger partial charge in [-0.05, 0) is 19.1 Å². The first-order chi connectivity index (χ1) is 8.63. The number of aliphatic hydroxyl groups is 1. The van der Waals surface area contributed by atoms with Gasteiger partial charge in [-0.1, -0.05) is 29.5 Å². The van der Waals surface area contributed by atoms with Gasteiger partial charge in [0.1, 0.15) is 11.5 Å². The Morgan fingerprint density at radius 3 is 2.78 bits per heavy atom. The van der Waals surface area contributed by atoms with Crippen LogP contribution in [0.25, 0.3) is 11.3 Å². The van der Waals surface area contributed by atoms with Crippen LogP contribution in [-0.4, -0.2) is 20.1 Å². The van der Waals surface area contributed by atoms with E-state index in [1.54, 1.807) is 22.9 Å². The summed E-state index contributed by atoms with van der Waals surface area (Å²) >= 11 is 0. The van der Waals surface area contributed by atoms with Crippen LogP contribution >= 0.6 is 0 Å². The largest absolute Gasteiger partial charge is 0.390 e. The highest BCUT2D eigenvalue weighted by Crippen LogP contribution is 2.25. The summed E-state index contributed by atoms with van der Waals surface area (Å²) in [5.74, 6) is -0.363. The van der Waals surface area contributed by atoms with E-state index in [1.807, 2.05) is 6.92 Å². The third-order valence-electron chi connectivity index (χ3n) is 2.50. The standard InChI is InChI=1S/C13H14FN3O/c1-9(2)7-17-13(12(8-18)15-16-17)10-5-3-4-6-11(10)14/h3-6,18H,1,7-8H2,2H3. The molecule has 2 rings (SSSR count). The number of hydrogen-bond acceptors (Lipinski definition) is 3. The molecule has 18 heavy (non-hydrogen) atoms. The zero-order valence-electron chi connectivity index (χ0n) is 10.1. The van der Waals surface area contributed by atoms with E-state index in [-0.39, 0.29) is 12.4 Å². The minimum Gasteiger partial charge on any atom is -0.390 e. The van der Waals surface area contributed by atoms with Crippen molar-refractivity contribution >= 4 is 0 Å². The zero-order chi connectivity index (χ0) is 13.1. The molecular formula is C13H14FN3O. The number of nitrogens with zero attached hydrogens (tertiary/aromatic N) is 3. The molecule has 4 nitrogen and oxygen atoms in total. The summed E-state index contributed by atoms with van der Waals surface area (Å²) in [7, 11) is 0. The molecule has 0 aliphatic heterocycles. The molecule has 0 aliphatic rings. The number of benzene rings is 1. The van der Waals surface area contributed by atoms with E-state index in [1.165, 1.54) is 6.07 Å². The Balaban J connectivity index is 2.57. The Kier molecular flexibility index (Phi) is 3.53. The number of hydrogen-bond donors (Lipinski definition) is 1. The van der Waals surface area contributed by atoms with Crippen LogP contribution in [0.1, 0.15) is 12.6 Å². The maximum atomic E-state index is 13.8. The molecular weight excluding hydrogens is 233 g/mol. The summed E-state index contributed by atoms with van der Waals surface area (Å²) in [6.45, 7) is 5.81. The molecule has 0 amide bonds. The topological polar surface area (TPSA) is 50.9 Å². The average molecular weight is 247 g/mol. The fraction of sp³-hybridized carbons (Fsp3) is 0.231. The van der Waals surface area contributed by atoms with Gasteiger partial charge in [-0.25, -0.2) is 9.07 Å². The maximum Gasteiger partial charge on any atom is 0.132 e. The predicted octanol–water partition coefficient (Wildman–Crippen LogP) is 2.15. The van der Waals surface area contributed by atoms with Crippen LogP contribution in [0.5, 0.6) is 0 Å². The second kappa shape index (κ2) is 5.10. The summed E-state index contributed by atoms with van der Waals surface area (Å²) in [4.78, 5) is 0. The Labute approximate surface area is 104 Å². The van der Waals surface area contributed by atoms with Gasteiger partial charge in [0.25, 0.3) is 0 Å². The van der Waals surface area contributed by atoms with Gasteiger partial charge in [0.05, 0.1) is 18.8 Å². The molecule has 1 aromatic carbocycles. The summed E-state index contributed by atoms with van der Waals surface area (Å²) in [5.41, 5.74) is 2.12. The van der Waals surface area contributed by atoms with Gasteiger partial charge in [-0.2, -0.15) is 0 Å². The Morgan fingerprint density at radius 1 is 1.44 bits per heavy atom. The summed E-state index contributed by atoms with van der Waals surface area (Å²) in [5, 5.41) is 17.0. The Morgan fingerprint density at radius 2 is 2.17 bits per heavy atom. The van der Waals surface area contributed by atoms with Crippen molar-refractivity contribution in [2.75, 3.05) is 0 Å². The van der Waals surface area contributed by atoms with Gasteiger partial charge >= 0.3 is 0 Å². The van der Waals surface area contributed by atoms with Gasteiger partial charge in [-0.15, -0.1) is 5.10 Å². The van der Waals surface area contributed by atoms with Gasteiger partial charge in [0.15, 0.2) is 0 Å². The number of rotatable bonds is 4.